The number of fused-ring (bicyclic) bond motifs is 1. The van der Waals surface area contributed by atoms with Crippen LogP contribution in [0.15, 0.2) is 47.4 Å². The number of anilines is 2. The van der Waals surface area contributed by atoms with E-state index < -0.39 is 22.0 Å². The molecule has 2 aromatic rings. The van der Waals surface area contributed by atoms with Crippen molar-refractivity contribution < 1.29 is 22.7 Å². The second kappa shape index (κ2) is 6.45. The van der Waals surface area contributed by atoms with Crippen LogP contribution in [0.5, 0.6) is 0 Å². The van der Waals surface area contributed by atoms with Crippen LogP contribution in [0, 0.1) is 13.8 Å². The second-order valence-corrected chi connectivity index (χ2v) is 7.73. The van der Waals surface area contributed by atoms with E-state index in [1.54, 1.807) is 37.3 Å². The van der Waals surface area contributed by atoms with Crippen molar-refractivity contribution in [3.63, 3.8) is 0 Å². The van der Waals surface area contributed by atoms with E-state index in [0.29, 0.717) is 5.56 Å². The molecule has 0 unspecified atom stereocenters. The molecule has 0 spiro atoms. The minimum Gasteiger partial charge on any atom is -0.468 e. The van der Waals surface area contributed by atoms with Gasteiger partial charge in [0.2, 0.25) is 0 Å². The van der Waals surface area contributed by atoms with Crippen molar-refractivity contribution in [3.05, 3.63) is 53.6 Å². The zero-order valence-corrected chi connectivity index (χ0v) is 15.4. The molecule has 0 saturated carbocycles. The lowest BCUT2D eigenvalue weighted by Gasteiger charge is -2.36. The Bertz CT molecular complexity index is 1000. The number of para-hydroxylation sites is 1. The smallest absolute Gasteiger partial charge is 0.343 e. The van der Waals surface area contributed by atoms with Crippen molar-refractivity contribution in [3.8, 4) is 0 Å². The maximum absolute atomic E-state index is 13.1. The summed E-state index contributed by atoms with van der Waals surface area (Å²) in [5, 5.41) is 0. The molecule has 0 aromatic heterocycles. The van der Waals surface area contributed by atoms with Gasteiger partial charge in [-0.2, -0.15) is 4.31 Å². The van der Waals surface area contributed by atoms with Crippen LogP contribution in [-0.4, -0.2) is 34.1 Å². The molecule has 0 N–H and O–H groups in total. The predicted octanol–water partition coefficient (Wildman–Crippen LogP) is 2.61. The van der Waals surface area contributed by atoms with Crippen LogP contribution in [0.25, 0.3) is 0 Å². The van der Waals surface area contributed by atoms with E-state index in [1.165, 1.54) is 19.2 Å². The number of carbonyl (C=O) groups excluding carboxylic acids is 2. The number of hydrogen-bond acceptors (Lipinski definition) is 5. The predicted molar refractivity (Wildman–Crippen MR) is 96.8 cm³/mol. The highest BCUT2D eigenvalue weighted by Gasteiger charge is 2.43. The molecule has 0 fully saturated rings. The number of sulfonamides is 1. The summed E-state index contributed by atoms with van der Waals surface area (Å²) in [5.41, 5.74) is 1.99. The van der Waals surface area contributed by atoms with Crippen LogP contribution < -0.4 is 9.21 Å². The summed E-state index contributed by atoms with van der Waals surface area (Å²) in [6.45, 7) is 3.22. The molecule has 0 bridgehead atoms. The maximum atomic E-state index is 13.1. The number of urea groups is 1. The van der Waals surface area contributed by atoms with Crippen LogP contribution in [-0.2, 0) is 19.6 Å². The van der Waals surface area contributed by atoms with Gasteiger partial charge in [0.25, 0.3) is 10.0 Å². The number of hydrogen-bond donors (Lipinski definition) is 0. The molecule has 0 aliphatic carbocycles. The quantitative estimate of drug-likeness (QED) is 0.771. The molecule has 26 heavy (non-hydrogen) atoms. The van der Waals surface area contributed by atoms with Crippen LogP contribution in [0.3, 0.4) is 0 Å². The van der Waals surface area contributed by atoms with Crippen molar-refractivity contribution in [2.45, 2.75) is 18.7 Å². The van der Waals surface area contributed by atoms with Crippen LogP contribution >= 0.6 is 0 Å². The molecule has 0 saturated heterocycles. The fraction of sp³-hybridized carbons (Fsp3) is 0.222. The van der Waals surface area contributed by atoms with E-state index in [0.717, 1.165) is 14.8 Å². The highest BCUT2D eigenvalue weighted by molar-refractivity contribution is 7.94. The molecule has 0 atom stereocenters. The third-order valence-corrected chi connectivity index (χ3v) is 5.90. The number of methoxy groups -OCH3 is 1. The third-order valence-electron chi connectivity index (χ3n) is 4.16. The van der Waals surface area contributed by atoms with Gasteiger partial charge in [-0.1, -0.05) is 29.8 Å². The van der Waals surface area contributed by atoms with E-state index >= 15 is 0 Å². The molecular weight excluding hydrogens is 356 g/mol. The molecule has 1 aliphatic heterocycles. The normalized spacial score (nSPS) is 15.6. The first-order chi connectivity index (χ1) is 12.3. The average Bonchev–Trinajstić information content (AvgIpc) is 2.60. The summed E-state index contributed by atoms with van der Waals surface area (Å²) in [4.78, 5) is 25.9. The molecule has 0 radical (unpaired) electrons. The van der Waals surface area contributed by atoms with E-state index in [9.17, 15) is 18.0 Å². The zero-order valence-electron chi connectivity index (χ0n) is 14.6. The Hall–Kier alpha value is -2.87. The number of amides is 2. The van der Waals surface area contributed by atoms with Crippen LogP contribution in [0.1, 0.15) is 11.1 Å². The van der Waals surface area contributed by atoms with Gasteiger partial charge >= 0.3 is 12.0 Å². The first kappa shape index (κ1) is 17.9. The van der Waals surface area contributed by atoms with Crippen molar-refractivity contribution in [2.24, 2.45) is 0 Å². The summed E-state index contributed by atoms with van der Waals surface area (Å²) in [6, 6.07) is 10.4. The average molecular weight is 374 g/mol. The van der Waals surface area contributed by atoms with Crippen LogP contribution in [0.4, 0.5) is 16.2 Å². The Balaban J connectivity index is 2.23. The second-order valence-electron chi connectivity index (χ2n) is 5.97. The molecule has 3 rings (SSSR count). The Morgan fingerprint density at radius 3 is 2.42 bits per heavy atom. The Morgan fingerprint density at radius 1 is 1.08 bits per heavy atom. The fourth-order valence-corrected chi connectivity index (χ4v) is 4.58. The lowest BCUT2D eigenvalue weighted by atomic mass is 10.1. The van der Waals surface area contributed by atoms with Gasteiger partial charge in [-0.25, -0.2) is 13.2 Å². The zero-order chi connectivity index (χ0) is 19.1. The number of nitrogens with zero attached hydrogens (tertiary/aromatic N) is 2. The summed E-state index contributed by atoms with van der Waals surface area (Å²) >= 11 is 0. The molecular formula is C18H18N2O5S. The van der Waals surface area contributed by atoms with E-state index in [4.69, 9.17) is 0 Å². The number of carbonyl (C=O) groups is 2. The SMILES string of the molecule is COC(=O)CN1C(=O)N(c2ccc(C)cc2C)S(=O)(=O)c2ccccc21. The van der Waals surface area contributed by atoms with Gasteiger partial charge in [0, 0.05) is 0 Å². The third kappa shape index (κ3) is 2.82. The Morgan fingerprint density at radius 2 is 1.77 bits per heavy atom. The lowest BCUT2D eigenvalue weighted by molar-refractivity contribution is -0.138. The topological polar surface area (TPSA) is 84.0 Å². The first-order valence-electron chi connectivity index (χ1n) is 7.87. The van der Waals surface area contributed by atoms with Crippen molar-refractivity contribution in [2.75, 3.05) is 22.9 Å². The van der Waals surface area contributed by atoms with E-state index in [2.05, 4.69) is 4.74 Å². The van der Waals surface area contributed by atoms with Gasteiger partial charge in [0.05, 0.1) is 18.5 Å². The molecule has 2 aromatic carbocycles. The Kier molecular flexibility index (Phi) is 4.45. The monoisotopic (exact) mass is 374 g/mol. The number of ether oxygens (including phenoxy) is 1. The largest absolute Gasteiger partial charge is 0.468 e. The molecule has 7 nitrogen and oxygen atoms in total. The van der Waals surface area contributed by atoms with Crippen molar-refractivity contribution >= 4 is 33.4 Å². The molecule has 1 heterocycles. The number of aryl methyl sites for hydroxylation is 2. The Labute approximate surface area is 151 Å². The van der Waals surface area contributed by atoms with Gasteiger partial charge in [-0.3, -0.25) is 9.69 Å². The first-order valence-corrected chi connectivity index (χ1v) is 9.31. The fourth-order valence-electron chi connectivity index (χ4n) is 2.92. The van der Waals surface area contributed by atoms with E-state index in [-0.39, 0.29) is 22.8 Å². The number of rotatable bonds is 3. The van der Waals surface area contributed by atoms with E-state index in [1.807, 2.05) is 6.92 Å². The summed E-state index contributed by atoms with van der Waals surface area (Å²) in [5.74, 6) is -0.645. The highest BCUT2D eigenvalue weighted by Crippen LogP contribution is 2.38. The highest BCUT2D eigenvalue weighted by atomic mass is 32.2. The molecule has 8 heteroatoms. The minimum atomic E-state index is -4.11. The molecule has 1 aliphatic rings. The van der Waals surface area contributed by atoms with Gasteiger partial charge in [0.15, 0.2) is 0 Å². The molecule has 2 amide bonds. The minimum absolute atomic E-state index is 0.0384. The van der Waals surface area contributed by atoms with Gasteiger partial charge in [-0.15, -0.1) is 0 Å². The number of benzene rings is 2. The van der Waals surface area contributed by atoms with Crippen molar-refractivity contribution in [1.82, 2.24) is 0 Å². The standard InChI is InChI=1S/C18H18N2O5S/c1-12-8-9-14(13(2)10-12)20-18(22)19(11-17(21)25-3)15-6-4-5-7-16(15)26(20,23)24/h4-10H,11H2,1-3H3. The van der Waals surface area contributed by atoms with Crippen molar-refractivity contribution in [1.29, 1.82) is 0 Å². The summed E-state index contributed by atoms with van der Waals surface area (Å²) in [6.07, 6.45) is 0. The summed E-state index contributed by atoms with van der Waals surface area (Å²) < 4.78 is 31.6. The van der Waals surface area contributed by atoms with Gasteiger partial charge < -0.3 is 4.74 Å². The van der Waals surface area contributed by atoms with Crippen LogP contribution in [0.2, 0.25) is 0 Å². The lowest BCUT2D eigenvalue weighted by Crippen LogP contribution is -2.52. The van der Waals surface area contributed by atoms with Gasteiger partial charge in [-0.05, 0) is 37.6 Å². The number of esters is 1. The van der Waals surface area contributed by atoms with Gasteiger partial charge in [0.1, 0.15) is 11.4 Å². The maximum Gasteiger partial charge on any atom is 0.343 e. The molecule has 136 valence electrons. The summed E-state index contributed by atoms with van der Waals surface area (Å²) in [7, 11) is -2.90.